The van der Waals surface area contributed by atoms with Crippen LogP contribution in [0.1, 0.15) is 24.9 Å². The van der Waals surface area contributed by atoms with Gasteiger partial charge in [-0.15, -0.1) is 0 Å². The highest BCUT2D eigenvalue weighted by Crippen LogP contribution is 2.35. The fraction of sp³-hybridized carbons (Fsp3) is 0.500. The van der Waals surface area contributed by atoms with Crippen molar-refractivity contribution >= 4 is 12.0 Å². The molecule has 0 aromatic heterocycles. The standard InChI is InChI=1S/C16H17F5N2O4/c1-15(12(24)25)6-7-23(8-15)14(26)22-11(16(19,20)21)9-2-4-10(5-3-9)27-13(17)18/h2-5,11,13H,6-8H2,1H3,(H,22,26)(H,24,25). The first-order valence-corrected chi connectivity index (χ1v) is 7.83. The summed E-state index contributed by atoms with van der Waals surface area (Å²) in [7, 11) is 0. The summed E-state index contributed by atoms with van der Waals surface area (Å²) < 4.78 is 68.4. The number of aliphatic carboxylic acids is 1. The summed E-state index contributed by atoms with van der Waals surface area (Å²) in [6.07, 6.45) is -4.73. The fourth-order valence-electron chi connectivity index (χ4n) is 2.72. The SMILES string of the molecule is CC1(C(=O)O)CCN(C(=O)NC(c2ccc(OC(F)F)cc2)C(F)(F)F)C1. The number of hydrogen-bond acceptors (Lipinski definition) is 3. The second kappa shape index (κ2) is 7.57. The Hall–Kier alpha value is -2.59. The maximum absolute atomic E-state index is 13.4. The monoisotopic (exact) mass is 396 g/mol. The number of carboxylic acids is 1. The van der Waals surface area contributed by atoms with Crippen LogP contribution in [0, 0.1) is 5.41 Å². The van der Waals surface area contributed by atoms with Crippen LogP contribution in [0.15, 0.2) is 24.3 Å². The molecule has 1 aliphatic heterocycles. The lowest BCUT2D eigenvalue weighted by molar-refractivity contribution is -0.155. The summed E-state index contributed by atoms with van der Waals surface area (Å²) in [6, 6.07) is 0.258. The second-order valence-electron chi connectivity index (χ2n) is 6.41. The van der Waals surface area contributed by atoms with Crippen molar-refractivity contribution in [3.05, 3.63) is 29.8 Å². The molecule has 1 aliphatic rings. The third-order valence-electron chi connectivity index (χ3n) is 4.31. The van der Waals surface area contributed by atoms with Gasteiger partial charge in [-0.3, -0.25) is 4.79 Å². The molecule has 1 heterocycles. The van der Waals surface area contributed by atoms with E-state index in [1.807, 2.05) is 5.32 Å². The number of halogens is 5. The average molecular weight is 396 g/mol. The molecule has 0 spiro atoms. The molecule has 6 nitrogen and oxygen atoms in total. The average Bonchev–Trinajstić information content (AvgIpc) is 2.96. The summed E-state index contributed by atoms with van der Waals surface area (Å²) in [5.74, 6) is -1.46. The van der Waals surface area contributed by atoms with E-state index in [4.69, 9.17) is 5.11 Å². The normalized spacial score (nSPS) is 21.2. The largest absolute Gasteiger partial charge is 0.481 e. The molecule has 1 fully saturated rings. The zero-order valence-corrected chi connectivity index (χ0v) is 14.1. The van der Waals surface area contributed by atoms with Gasteiger partial charge in [-0.2, -0.15) is 22.0 Å². The van der Waals surface area contributed by atoms with Gasteiger partial charge < -0.3 is 20.1 Å². The Morgan fingerprint density at radius 1 is 1.26 bits per heavy atom. The maximum atomic E-state index is 13.4. The van der Waals surface area contributed by atoms with Gasteiger partial charge in [0.15, 0.2) is 6.04 Å². The lowest BCUT2D eigenvalue weighted by Gasteiger charge is -2.26. The van der Waals surface area contributed by atoms with Gasteiger partial charge in [0.05, 0.1) is 5.41 Å². The van der Waals surface area contributed by atoms with Crippen LogP contribution in [0.4, 0.5) is 26.7 Å². The smallest absolute Gasteiger partial charge is 0.412 e. The number of carbonyl (C=O) groups excluding carboxylic acids is 1. The maximum Gasteiger partial charge on any atom is 0.412 e. The summed E-state index contributed by atoms with van der Waals surface area (Å²) in [5, 5.41) is 11.0. The Labute approximate surface area is 150 Å². The van der Waals surface area contributed by atoms with Gasteiger partial charge >= 0.3 is 24.8 Å². The summed E-state index contributed by atoms with van der Waals surface area (Å²) in [5.41, 5.74) is -1.60. The molecule has 0 bridgehead atoms. The zero-order chi connectivity index (χ0) is 20.4. The molecule has 150 valence electrons. The number of hydrogen-bond donors (Lipinski definition) is 2. The van der Waals surface area contributed by atoms with Gasteiger partial charge in [0.25, 0.3) is 0 Å². The molecule has 27 heavy (non-hydrogen) atoms. The van der Waals surface area contributed by atoms with Crippen molar-refractivity contribution in [3.63, 3.8) is 0 Å². The Bertz CT molecular complexity index is 695. The molecule has 2 atom stereocenters. The molecule has 1 saturated heterocycles. The van der Waals surface area contributed by atoms with Crippen molar-refractivity contribution in [1.82, 2.24) is 10.2 Å². The van der Waals surface area contributed by atoms with Crippen LogP contribution >= 0.6 is 0 Å². The third-order valence-corrected chi connectivity index (χ3v) is 4.31. The number of urea groups is 1. The number of nitrogens with zero attached hydrogens (tertiary/aromatic N) is 1. The van der Waals surface area contributed by atoms with E-state index in [1.54, 1.807) is 0 Å². The lowest BCUT2D eigenvalue weighted by atomic mass is 9.90. The van der Waals surface area contributed by atoms with Gasteiger partial charge in [0.1, 0.15) is 5.75 Å². The van der Waals surface area contributed by atoms with Crippen molar-refractivity contribution in [2.24, 2.45) is 5.41 Å². The molecule has 1 aromatic rings. The first-order chi connectivity index (χ1) is 12.4. The Kier molecular flexibility index (Phi) is 5.81. The van der Waals surface area contributed by atoms with Gasteiger partial charge in [0, 0.05) is 13.1 Å². The minimum Gasteiger partial charge on any atom is -0.481 e. The number of alkyl halides is 5. The van der Waals surface area contributed by atoms with Crippen LogP contribution in [-0.4, -0.2) is 47.9 Å². The second-order valence-corrected chi connectivity index (χ2v) is 6.41. The topological polar surface area (TPSA) is 78.9 Å². The Morgan fingerprint density at radius 2 is 1.85 bits per heavy atom. The van der Waals surface area contributed by atoms with Gasteiger partial charge in [0.2, 0.25) is 0 Å². The van der Waals surface area contributed by atoms with Crippen molar-refractivity contribution in [2.45, 2.75) is 32.2 Å². The molecular weight excluding hydrogens is 379 g/mol. The molecule has 0 saturated carbocycles. The van der Waals surface area contributed by atoms with Crippen molar-refractivity contribution in [1.29, 1.82) is 0 Å². The van der Waals surface area contributed by atoms with Gasteiger partial charge in [-0.05, 0) is 31.0 Å². The number of rotatable bonds is 5. The van der Waals surface area contributed by atoms with E-state index in [0.29, 0.717) is 0 Å². The molecule has 1 aromatic carbocycles. The molecule has 2 rings (SSSR count). The number of nitrogens with one attached hydrogen (secondary N) is 1. The van der Waals surface area contributed by atoms with E-state index in [0.717, 1.165) is 29.2 Å². The molecule has 2 amide bonds. The quantitative estimate of drug-likeness (QED) is 0.748. The zero-order valence-electron chi connectivity index (χ0n) is 14.1. The molecule has 2 N–H and O–H groups in total. The van der Waals surface area contributed by atoms with Crippen molar-refractivity contribution in [3.8, 4) is 5.75 Å². The molecule has 2 unspecified atom stereocenters. The third kappa shape index (κ3) is 4.98. The Morgan fingerprint density at radius 3 is 2.30 bits per heavy atom. The number of carboxylic acid groups (broad SMARTS) is 1. The molecule has 0 aliphatic carbocycles. The summed E-state index contributed by atoms with van der Waals surface area (Å²) in [4.78, 5) is 24.4. The van der Waals surface area contributed by atoms with E-state index in [9.17, 15) is 31.5 Å². The minimum atomic E-state index is -4.85. The number of benzene rings is 1. The fourth-order valence-corrected chi connectivity index (χ4v) is 2.72. The highest BCUT2D eigenvalue weighted by molar-refractivity contribution is 5.79. The van der Waals surface area contributed by atoms with Crippen molar-refractivity contribution < 1.29 is 41.4 Å². The van der Waals surface area contributed by atoms with Crippen LogP contribution in [0.2, 0.25) is 0 Å². The first-order valence-electron chi connectivity index (χ1n) is 7.83. The molecule has 0 radical (unpaired) electrons. The highest BCUT2D eigenvalue weighted by atomic mass is 19.4. The van der Waals surface area contributed by atoms with Crippen LogP contribution in [0.25, 0.3) is 0 Å². The number of likely N-dealkylation sites (tertiary alicyclic amines) is 1. The van der Waals surface area contributed by atoms with Crippen LogP contribution in [0.3, 0.4) is 0 Å². The minimum absolute atomic E-state index is 0.000374. The number of amides is 2. The van der Waals surface area contributed by atoms with Gasteiger partial charge in [-0.25, -0.2) is 4.79 Å². The number of carbonyl (C=O) groups is 2. The van der Waals surface area contributed by atoms with E-state index in [-0.39, 0.29) is 30.8 Å². The summed E-state index contributed by atoms with van der Waals surface area (Å²) >= 11 is 0. The number of ether oxygens (including phenoxy) is 1. The highest BCUT2D eigenvalue weighted by Gasteiger charge is 2.46. The van der Waals surface area contributed by atoms with Crippen LogP contribution < -0.4 is 10.1 Å². The van der Waals surface area contributed by atoms with E-state index in [2.05, 4.69) is 4.74 Å². The van der Waals surface area contributed by atoms with Crippen LogP contribution in [0.5, 0.6) is 5.75 Å². The predicted molar refractivity (Wildman–Crippen MR) is 82.3 cm³/mol. The van der Waals surface area contributed by atoms with E-state index >= 15 is 0 Å². The van der Waals surface area contributed by atoms with Crippen molar-refractivity contribution in [2.75, 3.05) is 13.1 Å². The summed E-state index contributed by atoms with van der Waals surface area (Å²) in [6.45, 7) is -1.93. The van der Waals surface area contributed by atoms with Crippen LogP contribution in [-0.2, 0) is 4.79 Å². The molecule has 11 heteroatoms. The first kappa shape index (κ1) is 20.7. The molecular formula is C16H17F5N2O4. The Balaban J connectivity index is 2.14. The van der Waals surface area contributed by atoms with Gasteiger partial charge in [-0.1, -0.05) is 12.1 Å². The lowest BCUT2D eigenvalue weighted by Crippen LogP contribution is -2.46. The predicted octanol–water partition coefficient (Wildman–Crippen LogP) is 3.40. The van der Waals surface area contributed by atoms with E-state index < -0.39 is 36.2 Å². The van der Waals surface area contributed by atoms with E-state index in [1.165, 1.54) is 6.92 Å².